The summed E-state index contributed by atoms with van der Waals surface area (Å²) < 4.78 is 44.8. The van der Waals surface area contributed by atoms with E-state index >= 15 is 0 Å². The first-order valence-corrected chi connectivity index (χ1v) is 7.48. The summed E-state index contributed by atoms with van der Waals surface area (Å²) in [5, 5.41) is 19.1. The Morgan fingerprint density at radius 1 is 1.38 bits per heavy atom. The van der Waals surface area contributed by atoms with E-state index in [4.69, 9.17) is 0 Å². The number of alkyl halides is 3. The fourth-order valence-electron chi connectivity index (χ4n) is 1.61. The summed E-state index contributed by atoms with van der Waals surface area (Å²) in [4.78, 5) is 22.7. The smallest absolute Gasteiger partial charge is 0.504 e. The van der Waals surface area contributed by atoms with Gasteiger partial charge in [0, 0.05) is 6.08 Å². The van der Waals surface area contributed by atoms with E-state index in [1.54, 1.807) is 0 Å². The molecular weight excluding hydrogens is 379 g/mol. The maximum Gasteiger partial charge on any atom is 0.573 e. The maximum absolute atomic E-state index is 12.2. The predicted octanol–water partition coefficient (Wildman–Crippen LogP) is 1.90. The SMILES string of the molecule is COC(=O)/C=C1/S/C(=N\N=Cc2ccc(O)c(OC(F)(F)F)c2)NC1=O. The molecule has 1 aromatic rings. The minimum Gasteiger partial charge on any atom is -0.504 e. The number of benzene rings is 1. The lowest BCUT2D eigenvalue weighted by atomic mass is 10.2. The summed E-state index contributed by atoms with van der Waals surface area (Å²) in [6.45, 7) is 0. The van der Waals surface area contributed by atoms with Gasteiger partial charge in [-0.15, -0.1) is 18.3 Å². The Labute approximate surface area is 148 Å². The van der Waals surface area contributed by atoms with Gasteiger partial charge in [-0.3, -0.25) is 10.1 Å². The van der Waals surface area contributed by atoms with E-state index in [0.717, 1.165) is 43.3 Å². The highest BCUT2D eigenvalue weighted by Gasteiger charge is 2.32. The van der Waals surface area contributed by atoms with Crippen molar-refractivity contribution in [3.63, 3.8) is 0 Å². The van der Waals surface area contributed by atoms with Gasteiger partial charge < -0.3 is 14.6 Å². The second kappa shape index (κ2) is 7.91. The molecule has 0 atom stereocenters. The second-order valence-electron chi connectivity index (χ2n) is 4.51. The number of esters is 1. The van der Waals surface area contributed by atoms with Crippen molar-refractivity contribution in [2.24, 2.45) is 10.2 Å². The number of halogens is 3. The molecule has 8 nitrogen and oxygen atoms in total. The Morgan fingerprint density at radius 2 is 2.12 bits per heavy atom. The first-order chi connectivity index (χ1) is 12.2. The molecule has 2 rings (SSSR count). The molecule has 0 spiro atoms. The minimum atomic E-state index is -4.96. The number of ether oxygens (including phenoxy) is 2. The number of amidine groups is 1. The van der Waals surface area contributed by atoms with Crippen LogP contribution in [-0.2, 0) is 14.3 Å². The van der Waals surface area contributed by atoms with Gasteiger partial charge in [-0.25, -0.2) is 4.79 Å². The largest absolute Gasteiger partial charge is 0.573 e. The molecule has 26 heavy (non-hydrogen) atoms. The standard InChI is InChI=1S/C14H10F3N3O5S/c1-24-11(22)5-10-12(23)19-13(26-10)20-18-6-7-2-3-8(21)9(4-7)25-14(15,16)17/h2-6,21H,1H3,(H,19,20,23)/b10-5+,18-6?. The van der Waals surface area contributed by atoms with E-state index in [2.05, 4.69) is 25.0 Å². The number of phenols is 1. The van der Waals surface area contributed by atoms with Gasteiger partial charge in [0.25, 0.3) is 5.91 Å². The van der Waals surface area contributed by atoms with Crippen LogP contribution in [0.5, 0.6) is 11.5 Å². The zero-order valence-corrected chi connectivity index (χ0v) is 13.7. The molecule has 138 valence electrons. The Kier molecular flexibility index (Phi) is 5.87. The van der Waals surface area contributed by atoms with Crippen LogP contribution >= 0.6 is 11.8 Å². The fourth-order valence-corrected chi connectivity index (χ4v) is 2.35. The van der Waals surface area contributed by atoms with Crippen LogP contribution in [0, 0.1) is 0 Å². The highest BCUT2D eigenvalue weighted by molar-refractivity contribution is 8.18. The number of thioether (sulfide) groups is 1. The molecule has 1 aromatic carbocycles. The van der Waals surface area contributed by atoms with E-state index in [1.807, 2.05) is 0 Å². The predicted molar refractivity (Wildman–Crippen MR) is 85.7 cm³/mol. The van der Waals surface area contributed by atoms with Crippen molar-refractivity contribution in [1.29, 1.82) is 0 Å². The van der Waals surface area contributed by atoms with Crippen molar-refractivity contribution in [3.8, 4) is 11.5 Å². The summed E-state index contributed by atoms with van der Waals surface area (Å²) in [7, 11) is 1.16. The van der Waals surface area contributed by atoms with Gasteiger partial charge in [-0.05, 0) is 35.5 Å². The van der Waals surface area contributed by atoms with Crippen LogP contribution in [0.3, 0.4) is 0 Å². The van der Waals surface area contributed by atoms with Gasteiger partial charge in [0.15, 0.2) is 16.7 Å². The van der Waals surface area contributed by atoms with Gasteiger partial charge >= 0.3 is 12.3 Å². The Balaban J connectivity index is 2.10. The van der Waals surface area contributed by atoms with E-state index in [0.29, 0.717) is 0 Å². The second-order valence-corrected chi connectivity index (χ2v) is 5.54. The van der Waals surface area contributed by atoms with E-state index in [9.17, 15) is 27.9 Å². The summed E-state index contributed by atoms with van der Waals surface area (Å²) in [5.74, 6) is -2.77. The number of nitrogens with one attached hydrogen (secondary N) is 1. The van der Waals surface area contributed by atoms with Gasteiger partial charge in [0.2, 0.25) is 0 Å². The Morgan fingerprint density at radius 3 is 2.77 bits per heavy atom. The number of aromatic hydroxyl groups is 1. The number of phenolic OH excluding ortho intramolecular Hbond substituents is 1. The average molecular weight is 389 g/mol. The van der Waals surface area contributed by atoms with Crippen LogP contribution in [-0.4, -0.2) is 41.8 Å². The average Bonchev–Trinajstić information content (AvgIpc) is 2.88. The van der Waals surface area contributed by atoms with Crippen molar-refractivity contribution < 1.29 is 37.3 Å². The molecule has 12 heteroatoms. The van der Waals surface area contributed by atoms with Crippen LogP contribution in [0.1, 0.15) is 5.56 Å². The highest BCUT2D eigenvalue weighted by atomic mass is 32.2. The van der Waals surface area contributed by atoms with E-state index < -0.39 is 29.7 Å². The number of carbonyl (C=O) groups is 2. The fraction of sp³-hybridized carbons (Fsp3) is 0.143. The van der Waals surface area contributed by atoms with E-state index in [-0.39, 0.29) is 15.6 Å². The molecule has 1 saturated heterocycles. The van der Waals surface area contributed by atoms with E-state index in [1.165, 1.54) is 6.07 Å². The minimum absolute atomic E-state index is 0.0521. The maximum atomic E-state index is 12.2. The van der Waals surface area contributed by atoms with Gasteiger partial charge in [0.1, 0.15) is 0 Å². The molecular formula is C14H10F3N3O5S. The lowest BCUT2D eigenvalue weighted by Gasteiger charge is -2.10. The number of methoxy groups -OCH3 is 1. The molecule has 2 N–H and O–H groups in total. The molecule has 1 aliphatic heterocycles. The first kappa shape index (κ1) is 19.3. The normalized spacial score (nSPS) is 17.8. The number of nitrogens with zero attached hydrogens (tertiary/aromatic N) is 2. The monoisotopic (exact) mass is 389 g/mol. The molecule has 0 aromatic heterocycles. The van der Waals surface area contributed by atoms with Crippen LogP contribution in [0.4, 0.5) is 13.2 Å². The topological polar surface area (TPSA) is 110 Å². The van der Waals surface area contributed by atoms with Crippen molar-refractivity contribution in [3.05, 3.63) is 34.7 Å². The number of carbonyl (C=O) groups excluding carboxylic acids is 2. The molecule has 1 fully saturated rings. The van der Waals surface area contributed by atoms with Crippen LogP contribution < -0.4 is 10.1 Å². The van der Waals surface area contributed by atoms with Crippen molar-refractivity contribution in [2.45, 2.75) is 6.36 Å². The third-order valence-electron chi connectivity index (χ3n) is 2.67. The van der Waals surface area contributed by atoms with Crippen LogP contribution in [0.25, 0.3) is 0 Å². The zero-order valence-electron chi connectivity index (χ0n) is 12.9. The molecule has 0 bridgehead atoms. The molecule has 0 radical (unpaired) electrons. The van der Waals surface area contributed by atoms with Crippen molar-refractivity contribution in [2.75, 3.05) is 7.11 Å². The molecule has 1 amide bonds. The molecule has 1 heterocycles. The zero-order chi connectivity index (χ0) is 19.3. The van der Waals surface area contributed by atoms with Gasteiger partial charge in [0.05, 0.1) is 18.2 Å². The summed E-state index contributed by atoms with van der Waals surface area (Å²) in [5.41, 5.74) is 0.158. The lowest BCUT2D eigenvalue weighted by molar-refractivity contribution is -0.275. The highest BCUT2D eigenvalue weighted by Crippen LogP contribution is 2.31. The quantitative estimate of drug-likeness (QED) is 0.352. The Hall–Kier alpha value is -3.02. The third kappa shape index (κ3) is 5.51. The summed E-state index contributed by atoms with van der Waals surface area (Å²) in [6, 6.07) is 3.19. The molecule has 0 aliphatic carbocycles. The number of hydrogen-bond donors (Lipinski definition) is 2. The number of rotatable bonds is 4. The summed E-state index contributed by atoms with van der Waals surface area (Å²) >= 11 is 0.833. The Bertz CT molecular complexity index is 821. The van der Waals surface area contributed by atoms with Crippen molar-refractivity contribution >= 4 is 35.0 Å². The third-order valence-corrected chi connectivity index (χ3v) is 3.57. The van der Waals surface area contributed by atoms with Crippen LogP contribution in [0.2, 0.25) is 0 Å². The lowest BCUT2D eigenvalue weighted by Crippen LogP contribution is -2.19. The van der Waals surface area contributed by atoms with Crippen LogP contribution in [0.15, 0.2) is 39.4 Å². The summed E-state index contributed by atoms with van der Waals surface area (Å²) in [6.07, 6.45) is -2.89. The molecule has 0 unspecified atom stereocenters. The molecule has 1 aliphatic rings. The number of amides is 1. The van der Waals surface area contributed by atoms with Gasteiger partial charge in [-0.2, -0.15) is 5.10 Å². The first-order valence-electron chi connectivity index (χ1n) is 6.66. The van der Waals surface area contributed by atoms with Gasteiger partial charge in [-0.1, -0.05) is 0 Å². The van der Waals surface area contributed by atoms with Crippen molar-refractivity contribution in [1.82, 2.24) is 5.32 Å². The number of hydrogen-bond acceptors (Lipinski definition) is 8. The molecule has 0 saturated carbocycles.